The molecule has 0 saturated heterocycles. The molecule has 0 aliphatic carbocycles. The van der Waals surface area contributed by atoms with Crippen LogP contribution < -0.4 is 0 Å². The summed E-state index contributed by atoms with van der Waals surface area (Å²) < 4.78 is 14.5. The van der Waals surface area contributed by atoms with Crippen molar-refractivity contribution in [2.24, 2.45) is 0 Å². The highest BCUT2D eigenvalue weighted by Gasteiger charge is 2.22. The third-order valence-corrected chi connectivity index (χ3v) is 5.45. The van der Waals surface area contributed by atoms with Crippen LogP contribution in [0.2, 0.25) is 0 Å². The minimum Gasteiger partial charge on any atom is -0.323 e. The first-order valence-electron chi connectivity index (χ1n) is 9.33. The molecular formula is C19H23N6O3P. The summed E-state index contributed by atoms with van der Waals surface area (Å²) >= 11 is 0. The summed E-state index contributed by atoms with van der Waals surface area (Å²) in [7, 11) is -4.29. The van der Waals surface area contributed by atoms with E-state index < -0.39 is 13.9 Å². The lowest BCUT2D eigenvalue weighted by molar-refractivity contribution is 0.363. The van der Waals surface area contributed by atoms with Crippen molar-refractivity contribution in [1.29, 1.82) is 0 Å². The number of aromatic nitrogens is 6. The molecule has 4 aromatic rings. The number of benzene rings is 1. The van der Waals surface area contributed by atoms with Gasteiger partial charge in [0.25, 0.3) is 0 Å². The van der Waals surface area contributed by atoms with Crippen LogP contribution in [0.1, 0.15) is 39.1 Å². The van der Waals surface area contributed by atoms with E-state index in [-0.39, 0.29) is 5.41 Å². The van der Waals surface area contributed by atoms with E-state index >= 15 is 0 Å². The van der Waals surface area contributed by atoms with Gasteiger partial charge >= 0.3 is 7.60 Å². The quantitative estimate of drug-likeness (QED) is 0.493. The Morgan fingerprint density at radius 2 is 1.79 bits per heavy atom. The molecule has 0 aliphatic rings. The highest BCUT2D eigenvalue weighted by atomic mass is 31.2. The fraction of sp³-hybridized carbons (Fsp3) is 0.368. The van der Waals surface area contributed by atoms with Gasteiger partial charge in [-0.25, -0.2) is 15.0 Å². The summed E-state index contributed by atoms with van der Waals surface area (Å²) in [6, 6.07) is 8.10. The van der Waals surface area contributed by atoms with Crippen LogP contribution in [0.15, 0.2) is 30.6 Å². The lowest BCUT2D eigenvalue weighted by atomic mass is 9.87. The van der Waals surface area contributed by atoms with Crippen LogP contribution in [-0.4, -0.2) is 38.9 Å². The summed E-state index contributed by atoms with van der Waals surface area (Å²) in [5.74, 6) is 1.21. The van der Waals surface area contributed by atoms with Crippen LogP contribution in [0.5, 0.6) is 0 Å². The average Bonchev–Trinajstić information content (AvgIpc) is 3.23. The van der Waals surface area contributed by atoms with E-state index in [2.05, 4.69) is 53.0 Å². The van der Waals surface area contributed by atoms with E-state index in [0.29, 0.717) is 34.9 Å². The molecule has 2 N–H and O–H groups in total. The SMILES string of the molecule is CCc1nc2ncn(CP(=O)(O)O)c2c2nc(-c3ccc(C(C)(C)C)cc3)nn12. The molecule has 0 unspecified atom stereocenters. The molecule has 152 valence electrons. The molecule has 9 nitrogen and oxygen atoms in total. The molecule has 0 atom stereocenters. The van der Waals surface area contributed by atoms with Crippen LogP contribution >= 0.6 is 7.60 Å². The normalized spacial score (nSPS) is 12.9. The van der Waals surface area contributed by atoms with Gasteiger partial charge in [0.15, 0.2) is 17.1 Å². The first kappa shape index (κ1) is 19.7. The zero-order valence-corrected chi connectivity index (χ0v) is 17.6. The van der Waals surface area contributed by atoms with Gasteiger partial charge in [-0.2, -0.15) is 4.52 Å². The number of rotatable bonds is 4. The summed E-state index contributed by atoms with van der Waals surface area (Å²) in [5, 5.41) is 4.62. The summed E-state index contributed by atoms with van der Waals surface area (Å²) in [5.41, 5.74) is 3.44. The average molecular weight is 414 g/mol. The number of nitrogens with zero attached hydrogens (tertiary/aromatic N) is 6. The molecule has 4 rings (SSSR count). The maximum Gasteiger partial charge on any atom is 0.345 e. The van der Waals surface area contributed by atoms with Gasteiger partial charge in [0.05, 0.1) is 6.33 Å². The van der Waals surface area contributed by atoms with E-state index in [1.165, 1.54) is 16.5 Å². The lowest BCUT2D eigenvalue weighted by Gasteiger charge is -2.18. The highest BCUT2D eigenvalue weighted by Crippen LogP contribution is 2.38. The fourth-order valence-corrected chi connectivity index (χ4v) is 3.88. The van der Waals surface area contributed by atoms with Gasteiger partial charge in [-0.1, -0.05) is 52.0 Å². The van der Waals surface area contributed by atoms with Crippen LogP contribution in [0.3, 0.4) is 0 Å². The van der Waals surface area contributed by atoms with Gasteiger partial charge < -0.3 is 14.4 Å². The molecule has 3 aromatic heterocycles. The van der Waals surface area contributed by atoms with Crippen molar-refractivity contribution in [1.82, 2.24) is 29.1 Å². The Morgan fingerprint density at radius 3 is 2.38 bits per heavy atom. The molecule has 0 amide bonds. The van der Waals surface area contributed by atoms with Gasteiger partial charge in [0, 0.05) is 12.0 Å². The number of imidazole rings is 1. The van der Waals surface area contributed by atoms with E-state index in [1.54, 1.807) is 4.52 Å². The molecule has 1 aromatic carbocycles. The Labute approximate surface area is 167 Å². The van der Waals surface area contributed by atoms with Gasteiger partial charge in [-0.15, -0.1) is 5.10 Å². The number of hydrogen-bond acceptors (Lipinski definition) is 5. The Morgan fingerprint density at radius 1 is 1.10 bits per heavy atom. The zero-order valence-electron chi connectivity index (χ0n) is 16.7. The van der Waals surface area contributed by atoms with Gasteiger partial charge in [0.2, 0.25) is 0 Å². The molecule has 0 saturated carbocycles. The molecule has 0 aliphatic heterocycles. The smallest absolute Gasteiger partial charge is 0.323 e. The van der Waals surface area contributed by atoms with Gasteiger partial charge in [-0.3, -0.25) is 4.57 Å². The molecular weight excluding hydrogens is 391 g/mol. The molecule has 29 heavy (non-hydrogen) atoms. The second-order valence-electron chi connectivity index (χ2n) is 8.07. The van der Waals surface area contributed by atoms with Crippen molar-refractivity contribution in [3.8, 4) is 11.4 Å². The van der Waals surface area contributed by atoms with Crippen LogP contribution in [0, 0.1) is 0 Å². The third-order valence-electron chi connectivity index (χ3n) is 4.78. The first-order valence-corrected chi connectivity index (χ1v) is 11.1. The van der Waals surface area contributed by atoms with Crippen molar-refractivity contribution in [2.45, 2.75) is 45.8 Å². The number of aryl methyl sites for hydroxylation is 1. The molecule has 0 fully saturated rings. The monoisotopic (exact) mass is 414 g/mol. The minimum absolute atomic E-state index is 0.0470. The predicted molar refractivity (Wildman–Crippen MR) is 110 cm³/mol. The topological polar surface area (TPSA) is 118 Å². The van der Waals surface area contributed by atoms with Gasteiger partial charge in [-0.05, 0) is 11.0 Å². The van der Waals surface area contributed by atoms with E-state index in [0.717, 1.165) is 5.56 Å². The maximum atomic E-state index is 11.5. The largest absolute Gasteiger partial charge is 0.345 e. The second kappa shape index (κ2) is 6.73. The van der Waals surface area contributed by atoms with Crippen molar-refractivity contribution < 1.29 is 14.4 Å². The van der Waals surface area contributed by atoms with Crippen LogP contribution in [0.25, 0.3) is 28.2 Å². The van der Waals surface area contributed by atoms with Crippen molar-refractivity contribution >= 4 is 24.4 Å². The minimum atomic E-state index is -4.29. The Kier molecular flexibility index (Phi) is 4.57. The molecule has 10 heteroatoms. The number of hydrogen-bond donors (Lipinski definition) is 2. The zero-order chi connectivity index (χ0) is 21.0. The van der Waals surface area contributed by atoms with Crippen molar-refractivity contribution in [3.63, 3.8) is 0 Å². The molecule has 0 bridgehead atoms. The summed E-state index contributed by atoms with van der Waals surface area (Å²) in [6.07, 6.45) is 1.50. The fourth-order valence-electron chi connectivity index (χ4n) is 3.27. The van der Waals surface area contributed by atoms with Crippen LogP contribution in [-0.2, 0) is 22.7 Å². The number of fused-ring (bicyclic) bond motifs is 3. The Balaban J connectivity index is 1.90. The van der Waals surface area contributed by atoms with E-state index in [1.807, 2.05) is 19.1 Å². The van der Waals surface area contributed by atoms with E-state index in [4.69, 9.17) is 0 Å². The Bertz CT molecular complexity index is 1250. The third kappa shape index (κ3) is 3.69. The first-order chi connectivity index (χ1) is 13.6. The lowest BCUT2D eigenvalue weighted by Crippen LogP contribution is -2.10. The van der Waals surface area contributed by atoms with Gasteiger partial charge in [0.1, 0.15) is 17.6 Å². The molecule has 3 heterocycles. The molecule has 0 radical (unpaired) electrons. The Hall–Kier alpha value is -2.61. The van der Waals surface area contributed by atoms with Crippen molar-refractivity contribution in [2.75, 3.05) is 0 Å². The standard InChI is InChI=1S/C19H23N6O3P/c1-5-14-21-17-15(24(10-20-17)11-29(26,27)28)18-22-16(23-25(14)18)12-6-8-13(9-7-12)19(2,3)4/h6-10H,5,11H2,1-4H3,(H2,26,27,28). The summed E-state index contributed by atoms with van der Waals surface area (Å²) in [4.78, 5) is 32.2. The molecule has 0 spiro atoms. The predicted octanol–water partition coefficient (Wildman–Crippen LogP) is 3.14. The highest BCUT2D eigenvalue weighted by molar-refractivity contribution is 7.50. The summed E-state index contributed by atoms with van der Waals surface area (Å²) in [6.45, 7) is 8.43. The van der Waals surface area contributed by atoms with E-state index in [9.17, 15) is 14.4 Å². The maximum absolute atomic E-state index is 11.5. The second-order valence-corrected chi connectivity index (χ2v) is 9.68. The van der Waals surface area contributed by atoms with Crippen molar-refractivity contribution in [3.05, 3.63) is 42.0 Å². The van der Waals surface area contributed by atoms with Crippen LogP contribution in [0.4, 0.5) is 0 Å².